The van der Waals surface area contributed by atoms with Crippen LogP contribution in [0.2, 0.25) is 0 Å². The second-order valence-electron chi connectivity index (χ2n) is 4.74. The molecule has 1 unspecified atom stereocenters. The Balaban J connectivity index is 4.07. The van der Waals surface area contributed by atoms with Gasteiger partial charge in [0.25, 0.3) is 0 Å². The number of rotatable bonds is 7. The largest absolute Gasteiger partial charge is 0.370 e. The summed E-state index contributed by atoms with van der Waals surface area (Å²) in [5, 5.41) is 5.95. The van der Waals surface area contributed by atoms with E-state index in [4.69, 9.17) is 5.73 Å². The average molecular weight is 229 g/mol. The Labute approximate surface area is 97.2 Å². The predicted molar refractivity (Wildman–Crippen MR) is 63.8 cm³/mol. The van der Waals surface area contributed by atoms with Gasteiger partial charge in [-0.05, 0) is 27.3 Å². The summed E-state index contributed by atoms with van der Waals surface area (Å²) < 4.78 is 0. The van der Waals surface area contributed by atoms with Crippen LogP contribution in [0.3, 0.4) is 0 Å². The molecule has 0 saturated carbocycles. The maximum absolute atomic E-state index is 11.6. The fourth-order valence-corrected chi connectivity index (χ4v) is 1.61. The Hall–Kier alpha value is -1.10. The van der Waals surface area contributed by atoms with Crippen molar-refractivity contribution in [2.45, 2.75) is 52.1 Å². The van der Waals surface area contributed by atoms with E-state index in [0.717, 1.165) is 6.54 Å². The van der Waals surface area contributed by atoms with Crippen LogP contribution >= 0.6 is 0 Å². The minimum atomic E-state index is -0.575. The van der Waals surface area contributed by atoms with Gasteiger partial charge in [-0.25, -0.2) is 0 Å². The normalized spacial score (nSPS) is 13.2. The molecule has 5 heteroatoms. The third-order valence-corrected chi connectivity index (χ3v) is 2.14. The van der Waals surface area contributed by atoms with Gasteiger partial charge >= 0.3 is 0 Å². The van der Waals surface area contributed by atoms with Gasteiger partial charge < -0.3 is 16.4 Å². The molecular formula is C11H23N3O2. The van der Waals surface area contributed by atoms with Gasteiger partial charge in [0.1, 0.15) is 0 Å². The summed E-state index contributed by atoms with van der Waals surface area (Å²) in [6, 6.07) is 0.134. The first-order valence-electron chi connectivity index (χ1n) is 5.59. The van der Waals surface area contributed by atoms with E-state index in [1.807, 2.05) is 13.8 Å². The number of carbonyl (C=O) groups excluding carboxylic acids is 2. The molecule has 0 heterocycles. The highest BCUT2D eigenvalue weighted by atomic mass is 16.2. The van der Waals surface area contributed by atoms with Crippen molar-refractivity contribution in [1.29, 1.82) is 0 Å². The summed E-state index contributed by atoms with van der Waals surface area (Å²) in [4.78, 5) is 22.4. The molecule has 0 saturated heterocycles. The van der Waals surface area contributed by atoms with Crippen LogP contribution in [0, 0.1) is 0 Å². The van der Waals surface area contributed by atoms with Crippen molar-refractivity contribution < 1.29 is 9.59 Å². The van der Waals surface area contributed by atoms with Crippen LogP contribution < -0.4 is 16.4 Å². The van der Waals surface area contributed by atoms with Crippen LogP contribution in [0.1, 0.15) is 40.5 Å². The molecule has 1 atom stereocenters. The van der Waals surface area contributed by atoms with E-state index in [2.05, 4.69) is 10.6 Å². The molecule has 0 aromatic heterocycles. The maximum atomic E-state index is 11.6. The quantitative estimate of drug-likeness (QED) is 0.581. The molecule has 0 rings (SSSR count). The molecule has 5 nitrogen and oxygen atoms in total. The lowest BCUT2D eigenvalue weighted by Gasteiger charge is -2.25. The Kier molecular flexibility index (Phi) is 6.03. The smallest absolute Gasteiger partial charge is 0.221 e. The lowest BCUT2D eigenvalue weighted by atomic mass is 10.00. The van der Waals surface area contributed by atoms with Crippen LogP contribution in [-0.2, 0) is 9.59 Å². The van der Waals surface area contributed by atoms with Crippen molar-refractivity contribution in [3.8, 4) is 0 Å². The minimum absolute atomic E-state index is 0.0697. The lowest BCUT2D eigenvalue weighted by Crippen LogP contribution is -2.47. The second-order valence-corrected chi connectivity index (χ2v) is 4.74. The van der Waals surface area contributed by atoms with Gasteiger partial charge in [-0.15, -0.1) is 0 Å². The van der Waals surface area contributed by atoms with E-state index in [-0.39, 0.29) is 18.4 Å². The zero-order chi connectivity index (χ0) is 12.8. The van der Waals surface area contributed by atoms with Crippen molar-refractivity contribution in [2.24, 2.45) is 5.73 Å². The zero-order valence-electron chi connectivity index (χ0n) is 10.6. The number of nitrogens with two attached hydrogens (primary N) is 1. The molecule has 94 valence electrons. The van der Waals surface area contributed by atoms with E-state index < -0.39 is 11.4 Å². The van der Waals surface area contributed by atoms with Gasteiger partial charge in [0, 0.05) is 24.4 Å². The summed E-state index contributed by atoms with van der Waals surface area (Å²) in [7, 11) is 0. The van der Waals surface area contributed by atoms with Crippen LogP contribution in [0.4, 0.5) is 0 Å². The van der Waals surface area contributed by atoms with Crippen molar-refractivity contribution in [1.82, 2.24) is 10.6 Å². The first-order valence-corrected chi connectivity index (χ1v) is 5.59. The molecule has 4 N–H and O–H groups in total. The fourth-order valence-electron chi connectivity index (χ4n) is 1.61. The molecule has 0 bridgehead atoms. The van der Waals surface area contributed by atoms with E-state index >= 15 is 0 Å². The van der Waals surface area contributed by atoms with E-state index in [1.54, 1.807) is 13.8 Å². The van der Waals surface area contributed by atoms with E-state index in [0.29, 0.717) is 6.42 Å². The third kappa shape index (κ3) is 7.23. The molecular weight excluding hydrogens is 206 g/mol. The standard InChI is InChI=1S/C11H23N3O2/c1-5-13-8(2)6-10(16)14-11(3,4)7-9(12)15/h8,13H,5-7H2,1-4H3,(H2,12,15)(H,14,16). The van der Waals surface area contributed by atoms with E-state index in [9.17, 15) is 9.59 Å². The SMILES string of the molecule is CCNC(C)CC(=O)NC(C)(C)CC(N)=O. The van der Waals surface area contributed by atoms with Crippen LogP contribution in [0.15, 0.2) is 0 Å². The Morgan fingerprint density at radius 3 is 2.38 bits per heavy atom. The highest BCUT2D eigenvalue weighted by molar-refractivity contribution is 5.80. The Morgan fingerprint density at radius 1 is 1.38 bits per heavy atom. The highest BCUT2D eigenvalue weighted by Gasteiger charge is 2.23. The first-order chi connectivity index (χ1) is 7.26. The van der Waals surface area contributed by atoms with Gasteiger partial charge in [-0.2, -0.15) is 0 Å². The summed E-state index contributed by atoms with van der Waals surface area (Å²) >= 11 is 0. The van der Waals surface area contributed by atoms with Crippen molar-refractivity contribution in [3.05, 3.63) is 0 Å². The van der Waals surface area contributed by atoms with Gasteiger partial charge in [0.2, 0.25) is 11.8 Å². The molecule has 0 aliphatic carbocycles. The van der Waals surface area contributed by atoms with Gasteiger partial charge in [0.05, 0.1) is 0 Å². The van der Waals surface area contributed by atoms with Gasteiger partial charge in [0.15, 0.2) is 0 Å². The maximum Gasteiger partial charge on any atom is 0.221 e. The number of hydrogen-bond acceptors (Lipinski definition) is 3. The molecule has 16 heavy (non-hydrogen) atoms. The van der Waals surface area contributed by atoms with Crippen molar-refractivity contribution in [2.75, 3.05) is 6.54 Å². The van der Waals surface area contributed by atoms with E-state index in [1.165, 1.54) is 0 Å². The molecule has 0 aliphatic rings. The van der Waals surface area contributed by atoms with Gasteiger partial charge in [-0.3, -0.25) is 9.59 Å². The summed E-state index contributed by atoms with van der Waals surface area (Å²) in [6.07, 6.45) is 0.546. The second kappa shape index (κ2) is 6.48. The average Bonchev–Trinajstić information content (AvgIpc) is 1.98. The van der Waals surface area contributed by atoms with Crippen LogP contribution in [0.25, 0.3) is 0 Å². The lowest BCUT2D eigenvalue weighted by molar-refractivity contribution is -0.124. The number of amides is 2. The summed E-state index contributed by atoms with van der Waals surface area (Å²) in [6.45, 7) is 8.34. The minimum Gasteiger partial charge on any atom is -0.370 e. The van der Waals surface area contributed by atoms with Crippen molar-refractivity contribution >= 4 is 11.8 Å². The summed E-state index contributed by atoms with van der Waals surface area (Å²) in [5.41, 5.74) is 4.53. The number of nitrogens with one attached hydrogen (secondary N) is 2. The molecule has 0 aliphatic heterocycles. The van der Waals surface area contributed by atoms with Gasteiger partial charge in [-0.1, -0.05) is 6.92 Å². The summed E-state index contributed by atoms with van der Waals surface area (Å²) in [5.74, 6) is -0.482. The zero-order valence-corrected chi connectivity index (χ0v) is 10.6. The molecule has 0 radical (unpaired) electrons. The number of carbonyl (C=O) groups is 2. The molecule has 0 aromatic carbocycles. The predicted octanol–water partition coefficient (Wildman–Crippen LogP) is 0.145. The third-order valence-electron chi connectivity index (χ3n) is 2.14. The van der Waals surface area contributed by atoms with Crippen LogP contribution in [0.5, 0.6) is 0 Å². The molecule has 0 spiro atoms. The number of primary amides is 1. The number of hydrogen-bond donors (Lipinski definition) is 3. The van der Waals surface area contributed by atoms with Crippen molar-refractivity contribution in [3.63, 3.8) is 0 Å². The first kappa shape index (κ1) is 14.9. The Bertz CT molecular complexity index is 252. The fraction of sp³-hybridized carbons (Fsp3) is 0.818. The highest BCUT2D eigenvalue weighted by Crippen LogP contribution is 2.08. The monoisotopic (exact) mass is 229 g/mol. The molecule has 0 fully saturated rings. The molecule has 2 amide bonds. The Morgan fingerprint density at radius 2 is 1.94 bits per heavy atom. The van der Waals surface area contributed by atoms with Crippen LogP contribution in [-0.4, -0.2) is 29.9 Å². The topological polar surface area (TPSA) is 84.2 Å². The molecule has 0 aromatic rings.